The summed E-state index contributed by atoms with van der Waals surface area (Å²) in [5.41, 5.74) is 1.79. The van der Waals surface area contributed by atoms with E-state index < -0.39 is 0 Å². The molecule has 0 saturated carbocycles. The van der Waals surface area contributed by atoms with E-state index in [4.69, 9.17) is 16.0 Å². The Morgan fingerprint density at radius 3 is 2.90 bits per heavy atom. The second kappa shape index (κ2) is 5.31. The van der Waals surface area contributed by atoms with Crippen LogP contribution in [0.3, 0.4) is 0 Å². The zero-order chi connectivity index (χ0) is 14.1. The van der Waals surface area contributed by atoms with Gasteiger partial charge in [0.1, 0.15) is 11.8 Å². The van der Waals surface area contributed by atoms with Gasteiger partial charge in [0.25, 0.3) is 0 Å². The normalized spacial score (nSPS) is 12.9. The predicted octanol–water partition coefficient (Wildman–Crippen LogP) is 3.52. The second-order valence-electron chi connectivity index (χ2n) is 4.68. The molecule has 3 rings (SSSR count). The van der Waals surface area contributed by atoms with Gasteiger partial charge in [-0.1, -0.05) is 30.7 Å². The zero-order valence-corrected chi connectivity index (χ0v) is 12.2. The summed E-state index contributed by atoms with van der Waals surface area (Å²) in [6.45, 7) is 2.90. The van der Waals surface area contributed by atoms with Gasteiger partial charge in [-0.3, -0.25) is 4.68 Å². The summed E-state index contributed by atoms with van der Waals surface area (Å²) in [6, 6.07) is 9.75. The molecule has 0 aliphatic rings. The van der Waals surface area contributed by atoms with Crippen molar-refractivity contribution in [2.75, 3.05) is 6.54 Å². The molecule has 104 valence electrons. The molecule has 1 atom stereocenters. The van der Waals surface area contributed by atoms with Crippen LogP contribution >= 0.6 is 11.6 Å². The van der Waals surface area contributed by atoms with E-state index >= 15 is 0 Å². The van der Waals surface area contributed by atoms with Gasteiger partial charge in [0.15, 0.2) is 5.58 Å². The molecular weight excluding hydrogens is 274 g/mol. The van der Waals surface area contributed by atoms with Gasteiger partial charge < -0.3 is 9.73 Å². The van der Waals surface area contributed by atoms with E-state index in [9.17, 15) is 0 Å². The number of furan rings is 1. The largest absolute Gasteiger partial charge is 0.457 e. The molecule has 4 nitrogen and oxygen atoms in total. The Kier molecular flexibility index (Phi) is 3.51. The molecule has 20 heavy (non-hydrogen) atoms. The fourth-order valence-corrected chi connectivity index (χ4v) is 2.63. The summed E-state index contributed by atoms with van der Waals surface area (Å²) >= 11 is 6.18. The van der Waals surface area contributed by atoms with E-state index in [0.29, 0.717) is 5.02 Å². The highest BCUT2D eigenvalue weighted by Crippen LogP contribution is 2.31. The fourth-order valence-electron chi connectivity index (χ4n) is 2.41. The SMILES string of the molecule is CCNC(c1cc2cccc(Cl)c2o1)c1ccnn1C. The van der Waals surface area contributed by atoms with Gasteiger partial charge in [0, 0.05) is 18.6 Å². The number of aromatic nitrogens is 2. The van der Waals surface area contributed by atoms with Crippen LogP contribution in [0, 0.1) is 0 Å². The third-order valence-corrected chi connectivity index (χ3v) is 3.66. The molecular formula is C15H16ClN3O. The van der Waals surface area contributed by atoms with E-state index in [1.165, 1.54) is 0 Å². The first-order valence-electron chi connectivity index (χ1n) is 6.60. The summed E-state index contributed by atoms with van der Waals surface area (Å²) in [7, 11) is 1.93. The topological polar surface area (TPSA) is 43.0 Å². The van der Waals surface area contributed by atoms with Crippen LogP contribution in [0.25, 0.3) is 11.0 Å². The number of para-hydroxylation sites is 1. The van der Waals surface area contributed by atoms with Gasteiger partial charge in [-0.05, 0) is 24.7 Å². The van der Waals surface area contributed by atoms with Crippen LogP contribution in [-0.4, -0.2) is 16.3 Å². The van der Waals surface area contributed by atoms with Gasteiger partial charge >= 0.3 is 0 Å². The summed E-state index contributed by atoms with van der Waals surface area (Å²) in [5.74, 6) is 0.846. The van der Waals surface area contributed by atoms with Crippen molar-refractivity contribution in [3.63, 3.8) is 0 Å². The highest BCUT2D eigenvalue weighted by atomic mass is 35.5. The standard InChI is InChI=1S/C15H16ClN3O/c1-3-17-14(12-7-8-18-19(12)2)13-9-10-5-4-6-11(16)15(10)20-13/h4-9,14,17H,3H2,1-2H3. The third kappa shape index (κ3) is 2.21. The molecule has 0 amide bonds. The van der Waals surface area contributed by atoms with Crippen molar-refractivity contribution >= 4 is 22.6 Å². The van der Waals surface area contributed by atoms with Crippen LogP contribution in [0.5, 0.6) is 0 Å². The molecule has 1 N–H and O–H groups in total. The van der Waals surface area contributed by atoms with Gasteiger partial charge in [-0.15, -0.1) is 0 Å². The number of hydrogen-bond donors (Lipinski definition) is 1. The Balaban J connectivity index is 2.10. The van der Waals surface area contributed by atoms with Crippen molar-refractivity contribution in [2.24, 2.45) is 7.05 Å². The van der Waals surface area contributed by atoms with Crippen molar-refractivity contribution in [1.82, 2.24) is 15.1 Å². The highest BCUT2D eigenvalue weighted by Gasteiger charge is 2.21. The first kappa shape index (κ1) is 13.2. The minimum absolute atomic E-state index is 0.0315. The number of rotatable bonds is 4. The quantitative estimate of drug-likeness (QED) is 0.799. The van der Waals surface area contributed by atoms with Crippen LogP contribution in [0.15, 0.2) is 40.9 Å². The van der Waals surface area contributed by atoms with E-state index in [0.717, 1.165) is 29.0 Å². The Morgan fingerprint density at radius 2 is 2.25 bits per heavy atom. The van der Waals surface area contributed by atoms with E-state index in [1.807, 2.05) is 42.1 Å². The number of nitrogens with zero attached hydrogens (tertiary/aromatic N) is 2. The number of aryl methyl sites for hydroxylation is 1. The lowest BCUT2D eigenvalue weighted by atomic mass is 10.1. The van der Waals surface area contributed by atoms with E-state index in [1.54, 1.807) is 6.20 Å². The molecule has 2 heterocycles. The van der Waals surface area contributed by atoms with Gasteiger partial charge in [-0.2, -0.15) is 5.10 Å². The number of halogens is 1. The molecule has 0 aliphatic carbocycles. The number of fused-ring (bicyclic) bond motifs is 1. The first-order chi connectivity index (χ1) is 9.70. The Labute approximate surface area is 122 Å². The monoisotopic (exact) mass is 289 g/mol. The first-order valence-corrected chi connectivity index (χ1v) is 6.97. The fraction of sp³-hybridized carbons (Fsp3) is 0.267. The predicted molar refractivity (Wildman–Crippen MR) is 80.0 cm³/mol. The molecule has 0 saturated heterocycles. The average molecular weight is 290 g/mol. The summed E-state index contributed by atoms with van der Waals surface area (Å²) in [5, 5.41) is 9.30. The van der Waals surface area contributed by atoms with Crippen LogP contribution in [-0.2, 0) is 7.05 Å². The molecule has 0 spiro atoms. The van der Waals surface area contributed by atoms with E-state index in [2.05, 4.69) is 17.3 Å². The molecule has 0 bridgehead atoms. The average Bonchev–Trinajstić information content (AvgIpc) is 3.03. The van der Waals surface area contributed by atoms with Gasteiger partial charge in [-0.25, -0.2) is 0 Å². The van der Waals surface area contributed by atoms with Crippen LogP contribution in [0.4, 0.5) is 0 Å². The summed E-state index contributed by atoms with van der Waals surface area (Å²) in [6.07, 6.45) is 1.79. The maximum Gasteiger partial charge on any atom is 0.152 e. The molecule has 0 aliphatic heterocycles. The Hall–Kier alpha value is -1.78. The summed E-state index contributed by atoms with van der Waals surface area (Å²) in [4.78, 5) is 0. The molecule has 2 aromatic heterocycles. The maximum absolute atomic E-state index is 6.18. The van der Waals surface area contributed by atoms with Crippen molar-refractivity contribution in [2.45, 2.75) is 13.0 Å². The van der Waals surface area contributed by atoms with E-state index in [-0.39, 0.29) is 6.04 Å². The Bertz CT molecular complexity index is 732. The minimum Gasteiger partial charge on any atom is -0.457 e. The highest BCUT2D eigenvalue weighted by molar-refractivity contribution is 6.34. The number of nitrogens with one attached hydrogen (secondary N) is 1. The van der Waals surface area contributed by atoms with Crippen molar-refractivity contribution < 1.29 is 4.42 Å². The molecule has 3 aromatic rings. The lowest BCUT2D eigenvalue weighted by Crippen LogP contribution is -2.23. The van der Waals surface area contributed by atoms with Crippen LogP contribution < -0.4 is 5.32 Å². The maximum atomic E-state index is 6.18. The third-order valence-electron chi connectivity index (χ3n) is 3.36. The van der Waals surface area contributed by atoms with Crippen LogP contribution in [0.1, 0.15) is 24.4 Å². The smallest absolute Gasteiger partial charge is 0.152 e. The minimum atomic E-state index is -0.0315. The van der Waals surface area contributed by atoms with Crippen molar-refractivity contribution in [3.8, 4) is 0 Å². The zero-order valence-electron chi connectivity index (χ0n) is 11.4. The molecule has 1 unspecified atom stereocenters. The van der Waals surface area contributed by atoms with Crippen molar-refractivity contribution in [1.29, 1.82) is 0 Å². The number of hydrogen-bond acceptors (Lipinski definition) is 3. The lowest BCUT2D eigenvalue weighted by molar-refractivity contribution is 0.459. The van der Waals surface area contributed by atoms with Gasteiger partial charge in [0.05, 0.1) is 10.7 Å². The summed E-state index contributed by atoms with van der Waals surface area (Å²) < 4.78 is 7.81. The van der Waals surface area contributed by atoms with Gasteiger partial charge in [0.2, 0.25) is 0 Å². The van der Waals surface area contributed by atoms with Crippen LogP contribution in [0.2, 0.25) is 5.02 Å². The van der Waals surface area contributed by atoms with Crippen molar-refractivity contribution in [3.05, 3.63) is 53.0 Å². The molecule has 0 fully saturated rings. The molecule has 5 heteroatoms. The molecule has 0 radical (unpaired) electrons. The number of benzene rings is 1. The second-order valence-corrected chi connectivity index (χ2v) is 5.08. The Morgan fingerprint density at radius 1 is 1.40 bits per heavy atom. The lowest BCUT2D eigenvalue weighted by Gasteiger charge is -2.15. The molecule has 1 aromatic carbocycles.